The van der Waals surface area contributed by atoms with E-state index in [1.165, 1.54) is 32.1 Å². The fourth-order valence-corrected chi connectivity index (χ4v) is 7.88. The van der Waals surface area contributed by atoms with Gasteiger partial charge in [0, 0.05) is 66.6 Å². The first-order chi connectivity index (χ1) is 16.6. The number of likely N-dealkylation sites (tertiary alicyclic amines) is 1. The maximum absolute atomic E-state index is 6.84. The summed E-state index contributed by atoms with van der Waals surface area (Å²) in [4.78, 5) is 19.2. The molecule has 6 aliphatic rings. The number of pyridine rings is 1. The smallest absolute Gasteiger partial charge is 0.210 e. The largest absolute Gasteiger partial charge is 0.384 e. The standard InChI is InChI=1S/C27H34ClN3O3/c28-22-2-3-23-24(4-8-30-25(23)17-22)29-7-1-9-31-10-5-26(6-11-31)32-27(34-33-26)20-13-18-12-19(15-20)16-21(27)14-18/h2-4,8,17-21H,1,5-7,9-16H2,(H,29,30). The zero-order valence-electron chi connectivity index (χ0n) is 19.7. The first kappa shape index (κ1) is 21.8. The number of piperidine rings is 1. The van der Waals surface area contributed by atoms with Gasteiger partial charge in [-0.3, -0.25) is 4.98 Å². The quantitative estimate of drug-likeness (QED) is 0.440. The average Bonchev–Trinajstić information content (AvgIpc) is 3.21. The molecule has 6 nitrogen and oxygen atoms in total. The Morgan fingerprint density at radius 3 is 2.53 bits per heavy atom. The highest BCUT2D eigenvalue weighted by atomic mass is 35.5. The minimum Gasteiger partial charge on any atom is -0.384 e. The molecule has 4 aliphatic carbocycles. The van der Waals surface area contributed by atoms with Gasteiger partial charge in [0.25, 0.3) is 0 Å². The Bertz CT molecular complexity index is 1040. The SMILES string of the molecule is Clc1ccc2c(NCCCN3CCC4(CC3)OOC3(O4)C4CC5CC(C4)CC3C5)ccnc2c1. The molecular weight excluding hydrogens is 450 g/mol. The minimum absolute atomic E-state index is 0.447. The van der Waals surface area contributed by atoms with E-state index >= 15 is 0 Å². The van der Waals surface area contributed by atoms with Gasteiger partial charge in [0.05, 0.1) is 5.52 Å². The Balaban J connectivity index is 0.912. The Hall–Kier alpha value is -1.44. The van der Waals surface area contributed by atoms with Crippen LogP contribution >= 0.6 is 11.6 Å². The lowest BCUT2D eigenvalue weighted by atomic mass is 9.53. The van der Waals surface area contributed by atoms with Gasteiger partial charge < -0.3 is 15.0 Å². The van der Waals surface area contributed by atoms with Crippen molar-refractivity contribution in [3.63, 3.8) is 0 Å². The van der Waals surface area contributed by atoms with Crippen molar-refractivity contribution in [2.75, 3.05) is 31.5 Å². The maximum atomic E-state index is 6.84. The van der Waals surface area contributed by atoms with Crippen LogP contribution in [0.3, 0.4) is 0 Å². The fraction of sp³-hybridized carbons (Fsp3) is 0.667. The van der Waals surface area contributed by atoms with Crippen LogP contribution in [0.2, 0.25) is 5.02 Å². The first-order valence-corrected chi connectivity index (χ1v) is 13.6. The van der Waals surface area contributed by atoms with Crippen LogP contribution in [0, 0.1) is 23.7 Å². The van der Waals surface area contributed by atoms with Gasteiger partial charge in [-0.15, -0.1) is 0 Å². The molecule has 8 rings (SSSR count). The molecule has 4 bridgehead atoms. The summed E-state index contributed by atoms with van der Waals surface area (Å²) >= 11 is 6.11. The lowest BCUT2D eigenvalue weighted by Gasteiger charge is -2.57. The van der Waals surface area contributed by atoms with Crippen molar-refractivity contribution >= 4 is 28.2 Å². The summed E-state index contributed by atoms with van der Waals surface area (Å²) in [5.41, 5.74) is 2.04. The normalized spacial score (nSPS) is 36.1. The molecular formula is C27H34ClN3O3. The van der Waals surface area contributed by atoms with Gasteiger partial charge in [0.2, 0.25) is 11.6 Å². The third-order valence-corrected chi connectivity index (χ3v) is 9.47. The van der Waals surface area contributed by atoms with Crippen molar-refractivity contribution in [1.29, 1.82) is 0 Å². The van der Waals surface area contributed by atoms with Crippen LogP contribution in [-0.4, -0.2) is 47.6 Å². The molecule has 34 heavy (non-hydrogen) atoms. The van der Waals surface area contributed by atoms with Crippen molar-refractivity contribution < 1.29 is 14.5 Å². The second kappa shape index (κ2) is 8.31. The molecule has 1 aromatic carbocycles. The Labute approximate surface area is 206 Å². The second-order valence-electron chi connectivity index (χ2n) is 11.3. The molecule has 3 heterocycles. The molecule has 1 N–H and O–H groups in total. The number of ether oxygens (including phenoxy) is 1. The third-order valence-electron chi connectivity index (χ3n) is 9.23. The molecule has 2 aliphatic heterocycles. The molecule has 2 spiro atoms. The summed E-state index contributed by atoms with van der Waals surface area (Å²) in [5.74, 6) is 1.89. The van der Waals surface area contributed by atoms with Gasteiger partial charge in [0.1, 0.15) is 0 Å². The number of aromatic nitrogens is 1. The van der Waals surface area contributed by atoms with E-state index in [4.69, 9.17) is 26.1 Å². The van der Waals surface area contributed by atoms with E-state index in [2.05, 4.69) is 15.2 Å². The number of benzene rings is 1. The third kappa shape index (κ3) is 3.65. The van der Waals surface area contributed by atoms with E-state index in [-0.39, 0.29) is 0 Å². The Morgan fingerprint density at radius 2 is 1.76 bits per heavy atom. The molecule has 1 aromatic heterocycles. The molecule has 6 fully saturated rings. The summed E-state index contributed by atoms with van der Waals surface area (Å²) in [7, 11) is 0. The zero-order valence-corrected chi connectivity index (χ0v) is 20.4. The van der Waals surface area contributed by atoms with Crippen LogP contribution in [0.1, 0.15) is 51.4 Å². The van der Waals surface area contributed by atoms with Crippen molar-refractivity contribution in [2.24, 2.45) is 23.7 Å². The number of anilines is 1. The van der Waals surface area contributed by atoms with E-state index in [9.17, 15) is 0 Å². The Kier molecular flexibility index (Phi) is 5.33. The lowest BCUT2D eigenvalue weighted by molar-refractivity contribution is -0.390. The van der Waals surface area contributed by atoms with Crippen LogP contribution in [-0.2, 0) is 14.5 Å². The molecule has 4 saturated carbocycles. The van der Waals surface area contributed by atoms with Crippen LogP contribution < -0.4 is 5.32 Å². The predicted molar refractivity (Wildman–Crippen MR) is 131 cm³/mol. The van der Waals surface area contributed by atoms with Gasteiger partial charge in [-0.25, -0.2) is 0 Å². The van der Waals surface area contributed by atoms with Gasteiger partial charge in [-0.2, -0.15) is 9.78 Å². The first-order valence-electron chi connectivity index (χ1n) is 13.2. The Morgan fingerprint density at radius 1 is 1.00 bits per heavy atom. The summed E-state index contributed by atoms with van der Waals surface area (Å²) in [6.45, 7) is 3.99. The van der Waals surface area contributed by atoms with Crippen LogP contribution in [0.25, 0.3) is 10.9 Å². The van der Waals surface area contributed by atoms with Crippen LogP contribution in [0.15, 0.2) is 30.5 Å². The van der Waals surface area contributed by atoms with Crippen molar-refractivity contribution in [2.45, 2.75) is 62.9 Å². The minimum atomic E-state index is -0.526. The predicted octanol–water partition coefficient (Wildman–Crippen LogP) is 5.61. The van der Waals surface area contributed by atoms with Crippen molar-refractivity contribution in [3.05, 3.63) is 35.5 Å². The fourth-order valence-electron chi connectivity index (χ4n) is 7.71. The summed E-state index contributed by atoms with van der Waals surface area (Å²) in [6.07, 6.45) is 11.2. The van der Waals surface area contributed by atoms with E-state index in [0.29, 0.717) is 11.8 Å². The van der Waals surface area contributed by atoms with Crippen LogP contribution in [0.5, 0.6) is 0 Å². The molecule has 2 saturated heterocycles. The number of hydrogen-bond acceptors (Lipinski definition) is 6. The lowest BCUT2D eigenvalue weighted by Crippen LogP contribution is -2.59. The van der Waals surface area contributed by atoms with Crippen LogP contribution in [0.4, 0.5) is 5.69 Å². The summed E-state index contributed by atoms with van der Waals surface area (Å²) < 4.78 is 6.84. The van der Waals surface area contributed by atoms with E-state index < -0.39 is 11.6 Å². The topological polar surface area (TPSA) is 55.9 Å². The van der Waals surface area contributed by atoms with Gasteiger partial charge in [-0.05, 0) is 81.2 Å². The number of nitrogens with one attached hydrogen (secondary N) is 1. The number of hydrogen-bond donors (Lipinski definition) is 1. The molecule has 0 amide bonds. The molecule has 0 unspecified atom stereocenters. The summed E-state index contributed by atoms with van der Waals surface area (Å²) in [5, 5.41) is 5.41. The van der Waals surface area contributed by atoms with E-state index in [0.717, 1.165) is 78.9 Å². The zero-order chi connectivity index (χ0) is 22.8. The number of fused-ring (bicyclic) bond motifs is 1. The van der Waals surface area contributed by atoms with Gasteiger partial charge >= 0.3 is 0 Å². The van der Waals surface area contributed by atoms with Crippen molar-refractivity contribution in [3.8, 4) is 0 Å². The number of rotatable bonds is 5. The van der Waals surface area contributed by atoms with E-state index in [1.807, 2.05) is 30.5 Å². The molecule has 2 aromatic rings. The van der Waals surface area contributed by atoms with E-state index in [1.54, 1.807) is 0 Å². The molecule has 7 heteroatoms. The number of nitrogens with zero attached hydrogens (tertiary/aromatic N) is 2. The average molecular weight is 484 g/mol. The number of halogens is 1. The highest BCUT2D eigenvalue weighted by Crippen LogP contribution is 2.63. The monoisotopic (exact) mass is 483 g/mol. The summed E-state index contributed by atoms with van der Waals surface area (Å²) in [6, 6.07) is 7.91. The second-order valence-corrected chi connectivity index (χ2v) is 11.8. The molecule has 0 radical (unpaired) electrons. The highest BCUT2D eigenvalue weighted by Gasteiger charge is 2.66. The maximum Gasteiger partial charge on any atom is 0.210 e. The molecule has 182 valence electrons. The highest BCUT2D eigenvalue weighted by molar-refractivity contribution is 6.31. The van der Waals surface area contributed by atoms with Gasteiger partial charge in [0.15, 0.2) is 0 Å². The molecule has 0 atom stereocenters. The van der Waals surface area contributed by atoms with Gasteiger partial charge in [-0.1, -0.05) is 11.6 Å². The van der Waals surface area contributed by atoms with Crippen molar-refractivity contribution in [1.82, 2.24) is 9.88 Å².